The van der Waals surface area contributed by atoms with E-state index in [1.807, 2.05) is 13.0 Å². The average molecular weight is 246 g/mol. The number of carbonyl (C=O) groups excluding carboxylic acids is 1. The second-order valence-electron chi connectivity index (χ2n) is 3.01. The first-order chi connectivity index (χ1) is 7.19. The van der Waals surface area contributed by atoms with Crippen LogP contribution in [0.4, 0.5) is 0 Å². The van der Waals surface area contributed by atoms with Gasteiger partial charge >= 0.3 is 5.97 Å². The van der Waals surface area contributed by atoms with Gasteiger partial charge in [0.1, 0.15) is 11.8 Å². The fourth-order valence-corrected chi connectivity index (χ4v) is 1.23. The van der Waals surface area contributed by atoms with Gasteiger partial charge in [0.15, 0.2) is 0 Å². The van der Waals surface area contributed by atoms with Crippen molar-refractivity contribution in [2.24, 2.45) is 5.73 Å². The molecule has 1 aromatic carbocycles. The number of methoxy groups -OCH3 is 1. The Kier molecular flexibility index (Phi) is 6.53. The lowest BCUT2D eigenvalue weighted by Gasteiger charge is -2.11. The first kappa shape index (κ1) is 14.7. The number of carbonyl (C=O) groups is 1. The van der Waals surface area contributed by atoms with Crippen LogP contribution in [0.5, 0.6) is 5.75 Å². The SMILES string of the molecule is CCOc1cccc([C@H](N)C(=O)OC)c1.Cl. The fourth-order valence-electron chi connectivity index (χ4n) is 1.23. The Morgan fingerprint density at radius 3 is 2.75 bits per heavy atom. The molecule has 0 aliphatic heterocycles. The third kappa shape index (κ3) is 3.72. The highest BCUT2D eigenvalue weighted by molar-refractivity contribution is 5.85. The topological polar surface area (TPSA) is 61.5 Å². The predicted molar refractivity (Wildman–Crippen MR) is 63.8 cm³/mol. The molecule has 0 saturated heterocycles. The molecule has 0 spiro atoms. The molecular weight excluding hydrogens is 230 g/mol. The molecule has 2 N–H and O–H groups in total. The normalized spacial score (nSPS) is 11.2. The van der Waals surface area contributed by atoms with Gasteiger partial charge in [-0.1, -0.05) is 12.1 Å². The maximum absolute atomic E-state index is 11.2. The Morgan fingerprint density at radius 1 is 1.50 bits per heavy atom. The van der Waals surface area contributed by atoms with Crippen LogP contribution in [0.3, 0.4) is 0 Å². The van der Waals surface area contributed by atoms with Crippen molar-refractivity contribution in [3.05, 3.63) is 29.8 Å². The molecule has 0 amide bonds. The fraction of sp³-hybridized carbons (Fsp3) is 0.364. The van der Waals surface area contributed by atoms with Crippen LogP contribution in [0.2, 0.25) is 0 Å². The van der Waals surface area contributed by atoms with Crippen LogP contribution in [-0.2, 0) is 9.53 Å². The van der Waals surface area contributed by atoms with Crippen molar-refractivity contribution >= 4 is 18.4 Å². The van der Waals surface area contributed by atoms with Crippen molar-refractivity contribution in [1.29, 1.82) is 0 Å². The van der Waals surface area contributed by atoms with E-state index in [4.69, 9.17) is 10.5 Å². The zero-order valence-corrected chi connectivity index (χ0v) is 10.1. The van der Waals surface area contributed by atoms with E-state index in [-0.39, 0.29) is 12.4 Å². The van der Waals surface area contributed by atoms with Crippen LogP contribution >= 0.6 is 12.4 Å². The van der Waals surface area contributed by atoms with Gasteiger partial charge in [0.2, 0.25) is 0 Å². The zero-order chi connectivity index (χ0) is 11.3. The maximum atomic E-state index is 11.2. The summed E-state index contributed by atoms with van der Waals surface area (Å²) in [6.45, 7) is 2.48. The summed E-state index contributed by atoms with van der Waals surface area (Å²) in [4.78, 5) is 11.2. The number of rotatable bonds is 4. The standard InChI is InChI=1S/C11H15NO3.ClH/c1-3-15-9-6-4-5-8(7-9)10(12)11(13)14-2;/h4-7,10H,3,12H2,1-2H3;1H/t10-;/m0./s1. The van der Waals surface area contributed by atoms with Crippen LogP contribution in [0.25, 0.3) is 0 Å². The largest absolute Gasteiger partial charge is 0.494 e. The van der Waals surface area contributed by atoms with Crippen molar-refractivity contribution in [3.8, 4) is 5.75 Å². The third-order valence-corrected chi connectivity index (χ3v) is 1.98. The van der Waals surface area contributed by atoms with E-state index in [1.165, 1.54) is 7.11 Å². The highest BCUT2D eigenvalue weighted by Gasteiger charge is 2.16. The van der Waals surface area contributed by atoms with E-state index in [9.17, 15) is 4.79 Å². The molecule has 1 aromatic rings. The Morgan fingerprint density at radius 2 is 2.19 bits per heavy atom. The lowest BCUT2D eigenvalue weighted by molar-refractivity contribution is -0.142. The van der Waals surface area contributed by atoms with Gasteiger partial charge < -0.3 is 15.2 Å². The smallest absolute Gasteiger partial charge is 0.327 e. The Bertz CT molecular complexity index is 344. The summed E-state index contributed by atoms with van der Waals surface area (Å²) < 4.78 is 9.86. The lowest BCUT2D eigenvalue weighted by Crippen LogP contribution is -2.22. The van der Waals surface area contributed by atoms with Gasteiger partial charge in [0.25, 0.3) is 0 Å². The van der Waals surface area contributed by atoms with Gasteiger partial charge in [-0.3, -0.25) is 4.79 Å². The molecule has 4 nitrogen and oxygen atoms in total. The van der Waals surface area contributed by atoms with Gasteiger partial charge in [-0.05, 0) is 24.6 Å². The Labute approximate surface area is 101 Å². The molecular formula is C11H16ClNO3. The molecule has 0 saturated carbocycles. The van der Waals surface area contributed by atoms with E-state index in [1.54, 1.807) is 18.2 Å². The minimum Gasteiger partial charge on any atom is -0.494 e. The maximum Gasteiger partial charge on any atom is 0.327 e. The molecule has 0 radical (unpaired) electrons. The van der Waals surface area contributed by atoms with Crippen LogP contribution in [0.15, 0.2) is 24.3 Å². The van der Waals surface area contributed by atoms with Crippen molar-refractivity contribution < 1.29 is 14.3 Å². The molecule has 0 bridgehead atoms. The molecule has 1 atom stereocenters. The number of ether oxygens (including phenoxy) is 2. The number of halogens is 1. The molecule has 0 heterocycles. The minimum absolute atomic E-state index is 0. The summed E-state index contributed by atoms with van der Waals surface area (Å²) in [5, 5.41) is 0. The van der Waals surface area contributed by atoms with E-state index in [2.05, 4.69) is 4.74 Å². The number of esters is 1. The third-order valence-electron chi connectivity index (χ3n) is 1.98. The summed E-state index contributed by atoms with van der Waals surface area (Å²) in [6, 6.07) is 6.37. The molecule has 0 aromatic heterocycles. The van der Waals surface area contributed by atoms with E-state index < -0.39 is 12.0 Å². The van der Waals surface area contributed by atoms with Crippen molar-refractivity contribution in [1.82, 2.24) is 0 Å². The minimum atomic E-state index is -0.754. The number of hydrogen-bond donors (Lipinski definition) is 1. The van der Waals surface area contributed by atoms with E-state index in [0.717, 1.165) is 0 Å². The monoisotopic (exact) mass is 245 g/mol. The first-order valence-electron chi connectivity index (χ1n) is 4.75. The number of hydrogen-bond acceptors (Lipinski definition) is 4. The average Bonchev–Trinajstić information content (AvgIpc) is 2.28. The Hall–Kier alpha value is -1.26. The quantitative estimate of drug-likeness (QED) is 0.820. The summed E-state index contributed by atoms with van der Waals surface area (Å²) >= 11 is 0. The highest BCUT2D eigenvalue weighted by Crippen LogP contribution is 2.18. The summed E-state index contributed by atoms with van der Waals surface area (Å²) in [7, 11) is 1.31. The molecule has 0 unspecified atom stereocenters. The van der Waals surface area contributed by atoms with Gasteiger partial charge in [0, 0.05) is 0 Å². The van der Waals surface area contributed by atoms with E-state index >= 15 is 0 Å². The Balaban J connectivity index is 0.00000225. The molecule has 90 valence electrons. The predicted octanol–water partition coefficient (Wildman–Crippen LogP) is 1.68. The molecule has 1 rings (SSSR count). The second kappa shape index (κ2) is 7.09. The van der Waals surface area contributed by atoms with Gasteiger partial charge in [-0.15, -0.1) is 12.4 Å². The van der Waals surface area contributed by atoms with Crippen molar-refractivity contribution in [2.75, 3.05) is 13.7 Å². The van der Waals surface area contributed by atoms with Crippen LogP contribution in [0.1, 0.15) is 18.5 Å². The summed E-state index contributed by atoms with van der Waals surface area (Å²) in [5.74, 6) is 0.248. The van der Waals surface area contributed by atoms with Crippen LogP contribution in [0, 0.1) is 0 Å². The first-order valence-corrected chi connectivity index (χ1v) is 4.75. The lowest BCUT2D eigenvalue weighted by atomic mass is 10.1. The van der Waals surface area contributed by atoms with Crippen LogP contribution in [-0.4, -0.2) is 19.7 Å². The molecule has 0 fully saturated rings. The summed E-state index contributed by atoms with van der Waals surface area (Å²) in [6.07, 6.45) is 0. The molecule has 5 heteroatoms. The molecule has 0 aliphatic carbocycles. The van der Waals surface area contributed by atoms with Crippen molar-refractivity contribution in [3.63, 3.8) is 0 Å². The second-order valence-corrected chi connectivity index (χ2v) is 3.01. The van der Waals surface area contributed by atoms with Crippen LogP contribution < -0.4 is 10.5 Å². The van der Waals surface area contributed by atoms with Crippen molar-refractivity contribution in [2.45, 2.75) is 13.0 Å². The highest BCUT2D eigenvalue weighted by atomic mass is 35.5. The number of benzene rings is 1. The van der Waals surface area contributed by atoms with Gasteiger partial charge in [-0.2, -0.15) is 0 Å². The number of nitrogens with two attached hydrogens (primary N) is 1. The van der Waals surface area contributed by atoms with Gasteiger partial charge in [0.05, 0.1) is 13.7 Å². The van der Waals surface area contributed by atoms with Gasteiger partial charge in [-0.25, -0.2) is 0 Å². The zero-order valence-electron chi connectivity index (χ0n) is 9.30. The molecule has 16 heavy (non-hydrogen) atoms. The van der Waals surface area contributed by atoms with E-state index in [0.29, 0.717) is 17.9 Å². The summed E-state index contributed by atoms with van der Waals surface area (Å²) in [5.41, 5.74) is 6.37. The molecule has 0 aliphatic rings.